The van der Waals surface area contributed by atoms with Gasteiger partial charge in [0.15, 0.2) is 11.5 Å². The number of hydrogen-bond acceptors (Lipinski definition) is 5. The van der Waals surface area contributed by atoms with E-state index in [0.29, 0.717) is 33.7 Å². The second-order valence-corrected chi connectivity index (χ2v) is 6.74. The van der Waals surface area contributed by atoms with Crippen LogP contribution in [0.5, 0.6) is 11.5 Å². The monoisotopic (exact) mass is 393 g/mol. The van der Waals surface area contributed by atoms with E-state index in [1.807, 2.05) is 30.3 Å². The summed E-state index contributed by atoms with van der Waals surface area (Å²) in [7, 11) is 3.13. The first-order valence-electron chi connectivity index (χ1n) is 9.17. The molecule has 2 N–H and O–H groups in total. The summed E-state index contributed by atoms with van der Waals surface area (Å²) in [5.41, 5.74) is 7.37. The normalized spacial score (nSPS) is 10.7. The lowest BCUT2D eigenvalue weighted by Crippen LogP contribution is -2.43. The molecule has 0 saturated heterocycles. The topological polar surface area (TPSA) is 89.6 Å². The predicted octanol–water partition coefficient (Wildman–Crippen LogP) is 3.34. The highest BCUT2D eigenvalue weighted by Crippen LogP contribution is 2.33. The van der Waals surface area contributed by atoms with Crippen molar-refractivity contribution in [3.8, 4) is 22.8 Å². The van der Waals surface area contributed by atoms with E-state index in [4.69, 9.17) is 9.47 Å². The summed E-state index contributed by atoms with van der Waals surface area (Å²) in [6.45, 7) is 3.50. The Labute approximate surface area is 169 Å². The molecule has 0 aliphatic carbocycles. The van der Waals surface area contributed by atoms with E-state index in [-0.39, 0.29) is 11.8 Å². The molecule has 0 radical (unpaired) electrons. The van der Waals surface area contributed by atoms with Gasteiger partial charge in [-0.15, -0.1) is 0 Å². The van der Waals surface area contributed by atoms with Crippen molar-refractivity contribution in [3.63, 3.8) is 0 Å². The summed E-state index contributed by atoms with van der Waals surface area (Å²) in [6, 6.07) is 14.5. The number of benzene rings is 2. The smallest absolute Gasteiger partial charge is 0.270 e. The Morgan fingerprint density at radius 1 is 0.931 bits per heavy atom. The van der Waals surface area contributed by atoms with Gasteiger partial charge in [0.2, 0.25) is 5.91 Å². The molecule has 7 nitrogen and oxygen atoms in total. The van der Waals surface area contributed by atoms with Gasteiger partial charge in [-0.3, -0.25) is 20.4 Å². The van der Waals surface area contributed by atoms with Gasteiger partial charge in [0, 0.05) is 16.9 Å². The molecular formula is C22H23N3O4. The number of amides is 2. The van der Waals surface area contributed by atoms with Crippen LogP contribution in [0.15, 0.2) is 48.5 Å². The van der Waals surface area contributed by atoms with Gasteiger partial charge in [-0.25, -0.2) is 4.98 Å². The number of methoxy groups -OCH3 is 2. The minimum absolute atomic E-state index is 0.244. The third kappa shape index (κ3) is 4.29. The molecule has 2 amide bonds. The molecule has 3 rings (SSSR count). The highest BCUT2D eigenvalue weighted by molar-refractivity contribution is 6.07. The van der Waals surface area contributed by atoms with E-state index in [9.17, 15) is 9.59 Å². The molecular weight excluding hydrogens is 370 g/mol. The van der Waals surface area contributed by atoms with Crippen LogP contribution < -0.4 is 20.3 Å². The van der Waals surface area contributed by atoms with Crippen LogP contribution in [-0.2, 0) is 4.79 Å². The SMILES string of the molecule is COc1ccc(-c2cc(C(=O)NNC(=O)C(C)C)c3ccccc3n2)cc1OC. The molecule has 7 heteroatoms. The summed E-state index contributed by atoms with van der Waals surface area (Å²) in [6.07, 6.45) is 0. The summed E-state index contributed by atoms with van der Waals surface area (Å²) in [5, 5.41) is 0.688. The van der Waals surface area contributed by atoms with Crippen LogP contribution in [0, 0.1) is 5.92 Å². The Morgan fingerprint density at radius 2 is 1.66 bits per heavy atom. The molecule has 1 heterocycles. The average Bonchev–Trinajstić information content (AvgIpc) is 2.75. The number of ether oxygens (including phenoxy) is 2. The Bertz CT molecular complexity index is 1060. The molecule has 0 aliphatic rings. The van der Waals surface area contributed by atoms with Crippen molar-refractivity contribution in [1.29, 1.82) is 0 Å². The molecule has 1 aromatic heterocycles. The number of nitrogens with zero attached hydrogens (tertiary/aromatic N) is 1. The van der Waals surface area contributed by atoms with Gasteiger partial charge in [-0.1, -0.05) is 32.0 Å². The van der Waals surface area contributed by atoms with E-state index < -0.39 is 5.91 Å². The van der Waals surface area contributed by atoms with Crippen molar-refractivity contribution in [2.75, 3.05) is 14.2 Å². The lowest BCUT2D eigenvalue weighted by Gasteiger charge is -2.13. The standard InChI is InChI=1S/C22H23N3O4/c1-13(2)21(26)24-25-22(27)16-12-18(23-17-8-6-5-7-15(16)17)14-9-10-19(28-3)20(11-14)29-4/h5-13H,1-4H3,(H,24,26)(H,25,27). The Kier molecular flexibility index (Phi) is 5.97. The summed E-state index contributed by atoms with van der Waals surface area (Å²) >= 11 is 0. The van der Waals surface area contributed by atoms with Gasteiger partial charge in [-0.05, 0) is 30.3 Å². The van der Waals surface area contributed by atoms with Crippen molar-refractivity contribution < 1.29 is 19.1 Å². The fourth-order valence-corrected chi connectivity index (χ4v) is 2.84. The first kappa shape index (κ1) is 20.1. The van der Waals surface area contributed by atoms with Gasteiger partial charge in [0.1, 0.15) is 0 Å². The zero-order valence-corrected chi connectivity index (χ0v) is 16.8. The highest BCUT2D eigenvalue weighted by atomic mass is 16.5. The van der Waals surface area contributed by atoms with Gasteiger partial charge >= 0.3 is 0 Å². The average molecular weight is 393 g/mol. The van der Waals surface area contributed by atoms with E-state index in [2.05, 4.69) is 15.8 Å². The number of carbonyl (C=O) groups is 2. The molecule has 0 fully saturated rings. The van der Waals surface area contributed by atoms with E-state index in [1.165, 1.54) is 0 Å². The quantitative estimate of drug-likeness (QED) is 0.649. The number of hydrogen-bond donors (Lipinski definition) is 2. The molecule has 0 unspecified atom stereocenters. The third-order valence-electron chi connectivity index (χ3n) is 4.46. The Morgan fingerprint density at radius 3 is 2.34 bits per heavy atom. The van der Waals surface area contributed by atoms with Crippen LogP contribution in [0.4, 0.5) is 0 Å². The van der Waals surface area contributed by atoms with E-state index in [0.717, 1.165) is 5.56 Å². The molecule has 3 aromatic rings. The molecule has 29 heavy (non-hydrogen) atoms. The van der Waals surface area contributed by atoms with Gasteiger partial charge in [0.05, 0.1) is 31.0 Å². The zero-order chi connectivity index (χ0) is 21.0. The molecule has 0 saturated carbocycles. The number of fused-ring (bicyclic) bond motifs is 1. The number of rotatable bonds is 5. The number of para-hydroxylation sites is 1. The molecule has 0 bridgehead atoms. The summed E-state index contributed by atoms with van der Waals surface area (Å²) < 4.78 is 10.7. The molecule has 150 valence electrons. The first-order chi connectivity index (χ1) is 13.9. The van der Waals surface area contributed by atoms with Crippen LogP contribution in [-0.4, -0.2) is 31.0 Å². The number of carbonyl (C=O) groups excluding carboxylic acids is 2. The van der Waals surface area contributed by atoms with Crippen molar-refractivity contribution in [1.82, 2.24) is 15.8 Å². The zero-order valence-electron chi connectivity index (χ0n) is 16.8. The van der Waals surface area contributed by atoms with E-state index >= 15 is 0 Å². The van der Waals surface area contributed by atoms with Crippen molar-refractivity contribution in [3.05, 3.63) is 54.1 Å². The van der Waals surface area contributed by atoms with Crippen LogP contribution in [0.1, 0.15) is 24.2 Å². The van der Waals surface area contributed by atoms with Gasteiger partial charge < -0.3 is 9.47 Å². The summed E-state index contributed by atoms with van der Waals surface area (Å²) in [5.74, 6) is 0.240. The number of aromatic nitrogens is 1. The first-order valence-corrected chi connectivity index (χ1v) is 9.17. The highest BCUT2D eigenvalue weighted by Gasteiger charge is 2.16. The van der Waals surface area contributed by atoms with Crippen LogP contribution in [0.3, 0.4) is 0 Å². The fraction of sp³-hybridized carbons (Fsp3) is 0.227. The lowest BCUT2D eigenvalue weighted by molar-refractivity contribution is -0.124. The Hall–Kier alpha value is -3.61. The maximum atomic E-state index is 12.8. The van der Waals surface area contributed by atoms with Crippen molar-refractivity contribution in [2.45, 2.75) is 13.8 Å². The van der Waals surface area contributed by atoms with Crippen LogP contribution >= 0.6 is 0 Å². The minimum Gasteiger partial charge on any atom is -0.493 e. The van der Waals surface area contributed by atoms with Crippen LogP contribution in [0.25, 0.3) is 22.2 Å². The van der Waals surface area contributed by atoms with Crippen LogP contribution in [0.2, 0.25) is 0 Å². The molecule has 0 atom stereocenters. The van der Waals surface area contributed by atoms with Gasteiger partial charge in [-0.2, -0.15) is 0 Å². The fourth-order valence-electron chi connectivity index (χ4n) is 2.84. The number of pyridine rings is 1. The second-order valence-electron chi connectivity index (χ2n) is 6.74. The molecule has 0 spiro atoms. The predicted molar refractivity (Wildman–Crippen MR) is 111 cm³/mol. The second kappa shape index (κ2) is 8.60. The molecule has 0 aliphatic heterocycles. The van der Waals surface area contributed by atoms with Crippen molar-refractivity contribution in [2.24, 2.45) is 5.92 Å². The minimum atomic E-state index is -0.417. The maximum Gasteiger partial charge on any atom is 0.270 e. The number of hydrazine groups is 1. The van der Waals surface area contributed by atoms with Crippen molar-refractivity contribution >= 4 is 22.7 Å². The maximum absolute atomic E-state index is 12.8. The van der Waals surface area contributed by atoms with Gasteiger partial charge in [0.25, 0.3) is 5.91 Å². The lowest BCUT2D eigenvalue weighted by atomic mass is 10.0. The van der Waals surface area contributed by atoms with E-state index in [1.54, 1.807) is 46.3 Å². The third-order valence-corrected chi connectivity index (χ3v) is 4.46. The largest absolute Gasteiger partial charge is 0.493 e. The molecule has 2 aromatic carbocycles. The summed E-state index contributed by atoms with van der Waals surface area (Å²) in [4.78, 5) is 29.3. The Balaban J connectivity index is 2.05. The number of nitrogens with one attached hydrogen (secondary N) is 2.